The number of rotatable bonds is 5. The molecule has 0 saturated carbocycles. The van der Waals surface area contributed by atoms with Crippen molar-refractivity contribution in [2.75, 3.05) is 0 Å². The van der Waals surface area contributed by atoms with Crippen LogP contribution < -0.4 is 0 Å². The van der Waals surface area contributed by atoms with E-state index >= 15 is 0 Å². The average Bonchev–Trinajstić information content (AvgIpc) is 3.03. The Morgan fingerprint density at radius 1 is 1.12 bits per heavy atom. The maximum Gasteiger partial charge on any atom is 0.0681 e. The standard InChI is InChI=1S/C24H26N2/c1-8-15-16-11-10-12-17(20(16)24(5,6)18(15)9-2)22(25)21-19(26-7)13-14-23(21,3)4/h8-14,25H,1-2,7H2,3-6H3. The number of nitrogens with zero attached hydrogens (tertiary/aromatic N) is 1. The number of aliphatic imine (C=N–C) groups is 1. The lowest BCUT2D eigenvalue weighted by molar-refractivity contribution is 0.610. The van der Waals surface area contributed by atoms with Gasteiger partial charge in [0.25, 0.3) is 0 Å². The lowest BCUT2D eigenvalue weighted by Gasteiger charge is -2.28. The molecule has 1 aromatic rings. The number of fused-ring (bicyclic) bond motifs is 1. The summed E-state index contributed by atoms with van der Waals surface area (Å²) in [6.07, 6.45) is 7.88. The van der Waals surface area contributed by atoms with Crippen molar-refractivity contribution >= 4 is 18.0 Å². The van der Waals surface area contributed by atoms with Gasteiger partial charge in [-0.25, -0.2) is 0 Å². The first-order valence-corrected chi connectivity index (χ1v) is 8.84. The van der Waals surface area contributed by atoms with Crippen LogP contribution in [-0.4, -0.2) is 12.4 Å². The summed E-state index contributed by atoms with van der Waals surface area (Å²) in [5.74, 6) is 0. The van der Waals surface area contributed by atoms with E-state index in [0.717, 1.165) is 39.1 Å². The van der Waals surface area contributed by atoms with Crippen molar-refractivity contribution in [3.05, 3.63) is 89.2 Å². The minimum absolute atomic E-state index is 0.234. The molecule has 0 atom stereocenters. The summed E-state index contributed by atoms with van der Waals surface area (Å²) < 4.78 is 0. The van der Waals surface area contributed by atoms with E-state index in [9.17, 15) is 0 Å². The van der Waals surface area contributed by atoms with E-state index in [1.165, 1.54) is 0 Å². The van der Waals surface area contributed by atoms with E-state index in [2.05, 4.69) is 64.7 Å². The second kappa shape index (κ2) is 5.91. The highest BCUT2D eigenvalue weighted by molar-refractivity contribution is 6.15. The first-order valence-electron chi connectivity index (χ1n) is 8.84. The van der Waals surface area contributed by atoms with E-state index in [4.69, 9.17) is 5.41 Å². The summed E-state index contributed by atoms with van der Waals surface area (Å²) in [7, 11) is 0. The SMILES string of the molecule is C=CC1=C(C=C)C(C)(C)c2c(C(=N)C3=C(N=C)C=CC3(C)C)cccc21. The highest BCUT2D eigenvalue weighted by Gasteiger charge is 2.40. The van der Waals surface area contributed by atoms with Crippen molar-refractivity contribution in [1.82, 2.24) is 0 Å². The zero-order valence-electron chi connectivity index (χ0n) is 16.1. The molecule has 0 aliphatic heterocycles. The summed E-state index contributed by atoms with van der Waals surface area (Å²) in [5, 5.41) is 9.05. The Morgan fingerprint density at radius 2 is 1.81 bits per heavy atom. The Labute approximate surface area is 156 Å². The third kappa shape index (κ3) is 2.33. The molecule has 0 radical (unpaired) electrons. The molecule has 132 valence electrons. The second-order valence-electron chi connectivity index (χ2n) is 7.94. The van der Waals surface area contributed by atoms with Crippen LogP contribution in [0, 0.1) is 10.8 Å². The van der Waals surface area contributed by atoms with Gasteiger partial charge in [0.1, 0.15) is 0 Å². The van der Waals surface area contributed by atoms with Crippen LogP contribution in [0.3, 0.4) is 0 Å². The van der Waals surface area contributed by atoms with Crippen LogP contribution in [0.15, 0.2) is 77.5 Å². The van der Waals surface area contributed by atoms with Gasteiger partial charge in [-0.3, -0.25) is 10.4 Å². The summed E-state index contributed by atoms with van der Waals surface area (Å²) in [4.78, 5) is 4.16. The molecule has 0 bridgehead atoms. The van der Waals surface area contributed by atoms with Crippen LogP contribution in [0.25, 0.3) is 5.57 Å². The zero-order valence-corrected chi connectivity index (χ0v) is 16.1. The Hall–Kier alpha value is -2.74. The Kier molecular flexibility index (Phi) is 4.11. The molecule has 2 nitrogen and oxygen atoms in total. The number of allylic oxidation sites excluding steroid dienone is 7. The number of nitrogens with one attached hydrogen (secondary N) is 1. The van der Waals surface area contributed by atoms with Gasteiger partial charge >= 0.3 is 0 Å². The molecular formula is C24H26N2. The molecule has 0 spiro atoms. The molecule has 0 heterocycles. The second-order valence-corrected chi connectivity index (χ2v) is 7.94. The smallest absolute Gasteiger partial charge is 0.0681 e. The monoisotopic (exact) mass is 342 g/mol. The Bertz CT molecular complexity index is 946. The molecule has 1 N–H and O–H groups in total. The molecule has 26 heavy (non-hydrogen) atoms. The quantitative estimate of drug-likeness (QED) is 0.635. The largest absolute Gasteiger partial charge is 0.300 e. The first kappa shape index (κ1) is 18.1. The van der Waals surface area contributed by atoms with Gasteiger partial charge in [0.05, 0.1) is 11.4 Å². The van der Waals surface area contributed by atoms with Crippen molar-refractivity contribution in [2.45, 2.75) is 33.1 Å². The van der Waals surface area contributed by atoms with Gasteiger partial charge < -0.3 is 0 Å². The van der Waals surface area contributed by atoms with Crippen molar-refractivity contribution in [3.63, 3.8) is 0 Å². The lowest BCUT2D eigenvalue weighted by atomic mass is 9.75. The van der Waals surface area contributed by atoms with Crippen LogP contribution in [0.1, 0.15) is 44.4 Å². The minimum Gasteiger partial charge on any atom is -0.300 e. The molecule has 0 saturated heterocycles. The van der Waals surface area contributed by atoms with Crippen molar-refractivity contribution in [1.29, 1.82) is 5.41 Å². The molecule has 0 amide bonds. The van der Waals surface area contributed by atoms with Crippen LogP contribution in [-0.2, 0) is 5.41 Å². The molecule has 2 aliphatic carbocycles. The van der Waals surface area contributed by atoms with Crippen molar-refractivity contribution in [2.24, 2.45) is 10.4 Å². The number of benzene rings is 1. The lowest BCUT2D eigenvalue weighted by Crippen LogP contribution is -2.24. The van der Waals surface area contributed by atoms with Crippen LogP contribution in [0.4, 0.5) is 0 Å². The van der Waals surface area contributed by atoms with Crippen molar-refractivity contribution < 1.29 is 0 Å². The molecule has 0 unspecified atom stereocenters. The van der Waals surface area contributed by atoms with Crippen LogP contribution in [0.2, 0.25) is 0 Å². The van der Waals surface area contributed by atoms with E-state index < -0.39 is 0 Å². The van der Waals surface area contributed by atoms with E-state index in [0.29, 0.717) is 5.71 Å². The van der Waals surface area contributed by atoms with E-state index in [1.54, 1.807) is 0 Å². The molecule has 2 aliphatic rings. The number of hydrogen-bond acceptors (Lipinski definition) is 2. The summed E-state index contributed by atoms with van der Waals surface area (Å²) in [6.45, 7) is 20.3. The van der Waals surface area contributed by atoms with Gasteiger partial charge in [-0.05, 0) is 35.1 Å². The van der Waals surface area contributed by atoms with E-state index in [-0.39, 0.29) is 10.8 Å². The highest BCUT2D eigenvalue weighted by Crippen LogP contribution is 2.50. The molecule has 1 aromatic carbocycles. The minimum atomic E-state index is -0.241. The summed E-state index contributed by atoms with van der Waals surface area (Å²) in [5.41, 5.74) is 7.25. The third-order valence-corrected chi connectivity index (χ3v) is 5.60. The van der Waals surface area contributed by atoms with E-state index in [1.807, 2.05) is 30.4 Å². The maximum atomic E-state index is 9.05. The Balaban J connectivity index is 2.26. The first-order chi connectivity index (χ1) is 12.2. The van der Waals surface area contributed by atoms with Crippen LogP contribution in [0.5, 0.6) is 0 Å². The van der Waals surface area contributed by atoms with Gasteiger partial charge in [-0.15, -0.1) is 0 Å². The van der Waals surface area contributed by atoms with Gasteiger partial charge in [0.2, 0.25) is 0 Å². The molecule has 0 aromatic heterocycles. The fourth-order valence-corrected chi connectivity index (χ4v) is 4.36. The molecular weight excluding hydrogens is 316 g/mol. The Morgan fingerprint density at radius 3 is 2.38 bits per heavy atom. The summed E-state index contributed by atoms with van der Waals surface area (Å²) in [6, 6.07) is 6.17. The van der Waals surface area contributed by atoms with Gasteiger partial charge in [0.15, 0.2) is 0 Å². The molecule has 3 rings (SSSR count). The average molecular weight is 342 g/mol. The maximum absolute atomic E-state index is 9.05. The fraction of sp³-hybridized carbons (Fsp3) is 0.250. The van der Waals surface area contributed by atoms with Crippen LogP contribution >= 0.6 is 0 Å². The van der Waals surface area contributed by atoms with Gasteiger partial charge in [-0.1, -0.05) is 77.3 Å². The van der Waals surface area contributed by atoms with Crippen molar-refractivity contribution in [3.8, 4) is 0 Å². The highest BCUT2D eigenvalue weighted by atomic mass is 14.7. The summed E-state index contributed by atoms with van der Waals surface area (Å²) >= 11 is 0. The topological polar surface area (TPSA) is 36.2 Å². The molecule has 2 heteroatoms. The third-order valence-electron chi connectivity index (χ3n) is 5.60. The normalized spacial score (nSPS) is 19.5. The zero-order chi connectivity index (χ0) is 19.3. The predicted molar refractivity (Wildman–Crippen MR) is 113 cm³/mol. The molecule has 0 fully saturated rings. The number of hydrogen-bond donors (Lipinski definition) is 1. The van der Waals surface area contributed by atoms with Gasteiger partial charge in [0, 0.05) is 22.0 Å². The fourth-order valence-electron chi connectivity index (χ4n) is 4.36. The predicted octanol–water partition coefficient (Wildman–Crippen LogP) is 6.02. The van der Waals surface area contributed by atoms with Gasteiger partial charge in [-0.2, -0.15) is 0 Å².